The molecule has 0 saturated carbocycles. The average molecular weight is 369 g/mol. The Morgan fingerprint density at radius 3 is 2.52 bits per heavy atom. The first kappa shape index (κ1) is 19.2. The van der Waals surface area contributed by atoms with Crippen molar-refractivity contribution in [2.75, 3.05) is 25.5 Å². The van der Waals surface area contributed by atoms with Crippen molar-refractivity contribution in [1.82, 2.24) is 10.6 Å². The summed E-state index contributed by atoms with van der Waals surface area (Å²) in [5.74, 6) is 0. The second-order valence-electron chi connectivity index (χ2n) is 7.06. The summed E-state index contributed by atoms with van der Waals surface area (Å²) in [4.78, 5) is 14.2. The Morgan fingerprint density at radius 1 is 1.15 bits per heavy atom. The molecular formula is C21H27N3O3. The molecule has 1 amide bonds. The van der Waals surface area contributed by atoms with Crippen molar-refractivity contribution in [3.8, 4) is 0 Å². The molecule has 1 saturated heterocycles. The monoisotopic (exact) mass is 369 g/mol. The van der Waals surface area contributed by atoms with E-state index >= 15 is 0 Å². The number of hydrogen-bond acceptors (Lipinski definition) is 5. The third-order valence-corrected chi connectivity index (χ3v) is 4.80. The van der Waals surface area contributed by atoms with Crippen LogP contribution in [0, 0.1) is 0 Å². The molecule has 27 heavy (non-hydrogen) atoms. The van der Waals surface area contributed by atoms with E-state index in [4.69, 9.17) is 4.74 Å². The molecule has 0 unspecified atom stereocenters. The van der Waals surface area contributed by atoms with Crippen molar-refractivity contribution in [2.24, 2.45) is 0 Å². The van der Waals surface area contributed by atoms with E-state index in [0.717, 1.165) is 16.8 Å². The summed E-state index contributed by atoms with van der Waals surface area (Å²) in [6.45, 7) is 0.809. The number of β-amino-alcohol motifs (C(OH)–C–C–N with tert-alkyl or cyclic N) is 1. The van der Waals surface area contributed by atoms with Crippen LogP contribution in [0.15, 0.2) is 54.6 Å². The third-order valence-electron chi connectivity index (χ3n) is 4.80. The molecule has 2 aromatic rings. The number of carbonyl (C=O) groups is 1. The van der Waals surface area contributed by atoms with Crippen LogP contribution in [-0.4, -0.2) is 50.1 Å². The summed E-state index contributed by atoms with van der Waals surface area (Å²) in [5.41, 5.74) is 3.26. The van der Waals surface area contributed by atoms with Crippen LogP contribution in [0.1, 0.15) is 11.1 Å². The molecule has 0 aliphatic carbocycles. The topological polar surface area (TPSA) is 73.8 Å². The normalized spacial score (nSPS) is 21.7. The average Bonchev–Trinajstić information content (AvgIpc) is 3.01. The lowest BCUT2D eigenvalue weighted by Gasteiger charge is -2.22. The van der Waals surface area contributed by atoms with Crippen LogP contribution in [0.2, 0.25) is 0 Å². The van der Waals surface area contributed by atoms with E-state index in [0.29, 0.717) is 19.5 Å². The van der Waals surface area contributed by atoms with Crippen LogP contribution in [-0.2, 0) is 17.7 Å². The first-order chi connectivity index (χ1) is 13.0. The summed E-state index contributed by atoms with van der Waals surface area (Å²) < 4.78 is 5.52. The van der Waals surface area contributed by atoms with Crippen LogP contribution in [0.5, 0.6) is 0 Å². The molecule has 6 nitrogen and oxygen atoms in total. The molecule has 0 spiro atoms. The van der Waals surface area contributed by atoms with Gasteiger partial charge in [-0.2, -0.15) is 0 Å². The molecule has 0 radical (unpaired) electrons. The molecule has 0 bridgehead atoms. The van der Waals surface area contributed by atoms with Crippen LogP contribution in [0.25, 0.3) is 0 Å². The number of aliphatic hydroxyl groups excluding tert-OH is 1. The number of ether oxygens (including phenoxy) is 1. The Morgan fingerprint density at radius 2 is 1.85 bits per heavy atom. The minimum Gasteiger partial charge on any atom is -0.442 e. The minimum absolute atomic E-state index is 0.118. The molecule has 2 aromatic carbocycles. The predicted octanol–water partition coefficient (Wildman–Crippen LogP) is 1.92. The van der Waals surface area contributed by atoms with Crippen molar-refractivity contribution < 1.29 is 14.6 Å². The Bertz CT molecular complexity index is 734. The van der Waals surface area contributed by atoms with Crippen LogP contribution < -0.4 is 15.5 Å². The summed E-state index contributed by atoms with van der Waals surface area (Å²) in [6.07, 6.45) is -1.12. The molecule has 1 fully saturated rings. The van der Waals surface area contributed by atoms with Gasteiger partial charge in [0.2, 0.25) is 0 Å². The number of alkyl carbamates (subject to hydrolysis) is 1. The molecule has 144 valence electrons. The summed E-state index contributed by atoms with van der Waals surface area (Å²) >= 11 is 0. The number of anilines is 1. The van der Waals surface area contributed by atoms with Gasteiger partial charge in [0.1, 0.15) is 12.2 Å². The van der Waals surface area contributed by atoms with Gasteiger partial charge < -0.3 is 25.4 Å². The van der Waals surface area contributed by atoms with Crippen LogP contribution in [0.4, 0.5) is 10.5 Å². The van der Waals surface area contributed by atoms with Gasteiger partial charge in [0.15, 0.2) is 0 Å². The molecule has 3 N–H and O–H groups in total. The van der Waals surface area contributed by atoms with Gasteiger partial charge in [0, 0.05) is 32.9 Å². The highest BCUT2D eigenvalue weighted by Gasteiger charge is 2.37. The van der Waals surface area contributed by atoms with Crippen molar-refractivity contribution in [3.05, 3.63) is 65.7 Å². The molecule has 3 rings (SSSR count). The number of benzene rings is 2. The Labute approximate surface area is 160 Å². The smallest absolute Gasteiger partial charge is 0.407 e. The number of nitrogens with one attached hydrogen (secondary N) is 2. The lowest BCUT2D eigenvalue weighted by Crippen LogP contribution is -2.41. The summed E-state index contributed by atoms with van der Waals surface area (Å²) in [5, 5.41) is 16.2. The zero-order chi connectivity index (χ0) is 19.2. The molecule has 3 atom stereocenters. The van der Waals surface area contributed by atoms with E-state index in [1.54, 1.807) is 0 Å². The highest BCUT2D eigenvalue weighted by Crippen LogP contribution is 2.19. The zero-order valence-electron chi connectivity index (χ0n) is 15.8. The number of amides is 1. The van der Waals surface area contributed by atoms with E-state index in [1.807, 2.05) is 49.3 Å². The highest BCUT2D eigenvalue weighted by atomic mass is 16.6. The van der Waals surface area contributed by atoms with Crippen molar-refractivity contribution in [1.29, 1.82) is 0 Å². The second-order valence-corrected chi connectivity index (χ2v) is 7.06. The van der Waals surface area contributed by atoms with E-state index in [1.165, 1.54) is 0 Å². The molecule has 6 heteroatoms. The SMILES string of the molecule is CN(C)c1ccc(C[C@H]2NC[C@H](O)[C@H]2OC(=O)NCc2ccccc2)cc1. The molecular weight excluding hydrogens is 342 g/mol. The van der Waals surface area contributed by atoms with Crippen molar-refractivity contribution >= 4 is 11.8 Å². The van der Waals surface area contributed by atoms with Crippen molar-refractivity contribution in [2.45, 2.75) is 31.2 Å². The van der Waals surface area contributed by atoms with Gasteiger partial charge in [0.25, 0.3) is 0 Å². The molecule has 1 aliphatic heterocycles. The van der Waals surface area contributed by atoms with E-state index in [-0.39, 0.29) is 6.04 Å². The first-order valence-electron chi connectivity index (χ1n) is 9.19. The summed E-state index contributed by atoms with van der Waals surface area (Å²) in [7, 11) is 4.00. The van der Waals surface area contributed by atoms with Crippen LogP contribution in [0.3, 0.4) is 0 Å². The van der Waals surface area contributed by atoms with E-state index in [2.05, 4.69) is 34.9 Å². The quantitative estimate of drug-likeness (QED) is 0.726. The highest BCUT2D eigenvalue weighted by molar-refractivity contribution is 5.67. The van der Waals surface area contributed by atoms with Gasteiger partial charge in [-0.1, -0.05) is 42.5 Å². The maximum atomic E-state index is 12.2. The van der Waals surface area contributed by atoms with Gasteiger partial charge in [0.05, 0.1) is 6.04 Å². The largest absolute Gasteiger partial charge is 0.442 e. The maximum absolute atomic E-state index is 12.2. The Balaban J connectivity index is 1.55. The fraction of sp³-hybridized carbons (Fsp3) is 0.381. The lowest BCUT2D eigenvalue weighted by molar-refractivity contribution is 0.0188. The van der Waals surface area contributed by atoms with Crippen molar-refractivity contribution in [3.63, 3.8) is 0 Å². The van der Waals surface area contributed by atoms with E-state index in [9.17, 15) is 9.90 Å². The first-order valence-corrected chi connectivity index (χ1v) is 9.19. The standard InChI is InChI=1S/C21H27N3O3/c1-24(2)17-10-8-15(9-11-17)12-18-20(19(25)14-22-18)27-21(26)23-13-16-6-4-3-5-7-16/h3-11,18-20,22,25H,12-14H2,1-2H3,(H,23,26)/t18-,19+,20+/m1/s1. The number of carbonyl (C=O) groups excluding carboxylic acids is 1. The minimum atomic E-state index is -0.710. The number of hydrogen-bond donors (Lipinski definition) is 3. The predicted molar refractivity (Wildman–Crippen MR) is 106 cm³/mol. The number of rotatable bonds is 6. The second kappa shape index (κ2) is 8.88. The summed E-state index contributed by atoms with van der Waals surface area (Å²) in [6, 6.07) is 17.8. The fourth-order valence-electron chi connectivity index (χ4n) is 3.24. The molecule has 1 heterocycles. The van der Waals surface area contributed by atoms with Gasteiger partial charge in [-0.05, 0) is 29.7 Å². The van der Waals surface area contributed by atoms with Gasteiger partial charge in [-0.25, -0.2) is 4.79 Å². The maximum Gasteiger partial charge on any atom is 0.407 e. The van der Waals surface area contributed by atoms with Gasteiger partial charge in [-0.3, -0.25) is 0 Å². The molecule has 0 aromatic heterocycles. The lowest BCUT2D eigenvalue weighted by atomic mass is 10.0. The fourth-order valence-corrected chi connectivity index (χ4v) is 3.24. The van der Waals surface area contributed by atoms with Gasteiger partial charge in [-0.15, -0.1) is 0 Å². The Kier molecular flexibility index (Phi) is 6.32. The van der Waals surface area contributed by atoms with Gasteiger partial charge >= 0.3 is 6.09 Å². The molecule has 1 aliphatic rings. The number of nitrogens with zero attached hydrogens (tertiary/aromatic N) is 1. The third kappa shape index (κ3) is 5.21. The Hall–Kier alpha value is -2.57. The number of aliphatic hydroxyl groups is 1. The van der Waals surface area contributed by atoms with E-state index < -0.39 is 18.3 Å². The van der Waals surface area contributed by atoms with Crippen LogP contribution >= 0.6 is 0 Å². The zero-order valence-corrected chi connectivity index (χ0v) is 15.8.